The van der Waals surface area contributed by atoms with E-state index in [0.29, 0.717) is 29.1 Å². The van der Waals surface area contributed by atoms with Crippen molar-refractivity contribution < 1.29 is 19.1 Å². The van der Waals surface area contributed by atoms with Gasteiger partial charge in [-0.2, -0.15) is 0 Å². The molecule has 136 valence electrons. The Morgan fingerprint density at radius 2 is 2.00 bits per heavy atom. The van der Waals surface area contributed by atoms with E-state index < -0.39 is 12.0 Å². The fourth-order valence-corrected chi connectivity index (χ4v) is 3.02. The quantitative estimate of drug-likeness (QED) is 0.446. The molecule has 6 heteroatoms. The molecule has 6 nitrogen and oxygen atoms in total. The van der Waals surface area contributed by atoms with E-state index in [4.69, 9.17) is 4.74 Å². The summed E-state index contributed by atoms with van der Waals surface area (Å²) in [6, 6.07) is -0.616. The van der Waals surface area contributed by atoms with E-state index in [1.54, 1.807) is 38.7 Å². The number of esters is 1. The summed E-state index contributed by atoms with van der Waals surface area (Å²) < 4.78 is 5.02. The number of rotatable bonds is 8. The lowest BCUT2D eigenvalue weighted by Crippen LogP contribution is -2.44. The van der Waals surface area contributed by atoms with E-state index in [-0.39, 0.29) is 24.2 Å². The Morgan fingerprint density at radius 3 is 2.52 bits per heavy atom. The first-order valence-corrected chi connectivity index (χ1v) is 8.65. The average molecular weight is 346 g/mol. The molecule has 1 unspecified atom stereocenters. The molecule has 0 spiro atoms. The molecule has 0 radical (unpaired) electrons. The van der Waals surface area contributed by atoms with Gasteiger partial charge in [0.1, 0.15) is 5.69 Å². The number of Topliss-reactive ketones (excluding diaryl/α,β-unsaturated/α-hetero) is 1. The molecule has 0 saturated heterocycles. The number of amides is 1. The number of ketones is 1. The first-order chi connectivity index (χ1) is 11.8. The van der Waals surface area contributed by atoms with E-state index >= 15 is 0 Å². The maximum Gasteiger partial charge on any atom is 0.355 e. The number of ether oxygens (including phenoxy) is 1. The molecular weight excluding hydrogens is 320 g/mol. The standard InChI is InChI=1S/C19H26N2O4/c1-6-10-21(18(23)14-8-9-14)13(5)17(22)15-11(3)16(20-12(15)4)19(24)25-7-2/h6,13-14,20H,1,7-10H2,2-5H3. The number of H-pyrrole nitrogens is 1. The van der Waals surface area contributed by atoms with Gasteiger partial charge in [-0.1, -0.05) is 6.08 Å². The van der Waals surface area contributed by atoms with Crippen molar-refractivity contribution in [1.29, 1.82) is 0 Å². The SMILES string of the molecule is C=CCN(C(=O)C1CC1)C(C)C(=O)c1c(C)[nH]c(C(=O)OCC)c1C. The van der Waals surface area contributed by atoms with Gasteiger partial charge in [-0.25, -0.2) is 4.79 Å². The summed E-state index contributed by atoms with van der Waals surface area (Å²) >= 11 is 0. The molecule has 1 aliphatic rings. The molecule has 1 aromatic heterocycles. The van der Waals surface area contributed by atoms with Crippen LogP contribution in [0.2, 0.25) is 0 Å². The van der Waals surface area contributed by atoms with Gasteiger partial charge in [-0.05, 0) is 46.1 Å². The van der Waals surface area contributed by atoms with Crippen LogP contribution in [0.4, 0.5) is 0 Å². The molecule has 25 heavy (non-hydrogen) atoms. The normalized spacial score (nSPS) is 14.7. The largest absolute Gasteiger partial charge is 0.461 e. The molecule has 0 aliphatic heterocycles. The van der Waals surface area contributed by atoms with Crippen molar-refractivity contribution >= 4 is 17.7 Å². The number of aromatic amines is 1. The van der Waals surface area contributed by atoms with E-state index in [9.17, 15) is 14.4 Å². The number of hydrogen-bond donors (Lipinski definition) is 1. The zero-order valence-corrected chi connectivity index (χ0v) is 15.3. The van der Waals surface area contributed by atoms with Crippen molar-refractivity contribution in [3.63, 3.8) is 0 Å². The second-order valence-electron chi connectivity index (χ2n) is 6.44. The Bertz CT molecular complexity index is 701. The summed E-state index contributed by atoms with van der Waals surface area (Å²) in [7, 11) is 0. The second kappa shape index (κ2) is 7.68. The van der Waals surface area contributed by atoms with Crippen LogP contribution >= 0.6 is 0 Å². The molecule has 0 aromatic carbocycles. The molecule has 1 N–H and O–H groups in total. The maximum atomic E-state index is 13.0. The number of carbonyl (C=O) groups excluding carboxylic acids is 3. The number of nitrogens with one attached hydrogen (secondary N) is 1. The predicted octanol–water partition coefficient (Wildman–Crippen LogP) is 2.80. The second-order valence-corrected chi connectivity index (χ2v) is 6.44. The number of carbonyl (C=O) groups is 3. The smallest absolute Gasteiger partial charge is 0.355 e. The van der Waals surface area contributed by atoms with Crippen LogP contribution in [0.3, 0.4) is 0 Å². The minimum Gasteiger partial charge on any atom is -0.461 e. The van der Waals surface area contributed by atoms with Gasteiger partial charge in [-0.3, -0.25) is 9.59 Å². The van der Waals surface area contributed by atoms with Gasteiger partial charge >= 0.3 is 5.97 Å². The van der Waals surface area contributed by atoms with Gasteiger partial charge in [0.05, 0.1) is 12.6 Å². The highest BCUT2D eigenvalue weighted by Gasteiger charge is 2.37. The Kier molecular flexibility index (Phi) is 5.82. The first kappa shape index (κ1) is 19.0. The zero-order chi connectivity index (χ0) is 18.7. The molecule has 1 atom stereocenters. The van der Waals surface area contributed by atoms with Gasteiger partial charge < -0.3 is 14.6 Å². The van der Waals surface area contributed by atoms with Crippen LogP contribution < -0.4 is 0 Å². The van der Waals surface area contributed by atoms with E-state index in [1.807, 2.05) is 0 Å². The third-order valence-electron chi connectivity index (χ3n) is 4.55. The summed E-state index contributed by atoms with van der Waals surface area (Å²) in [6.45, 7) is 11.2. The zero-order valence-electron chi connectivity index (χ0n) is 15.3. The topological polar surface area (TPSA) is 79.5 Å². The van der Waals surface area contributed by atoms with E-state index in [2.05, 4.69) is 11.6 Å². The third kappa shape index (κ3) is 3.83. The van der Waals surface area contributed by atoms with Gasteiger partial charge in [0.25, 0.3) is 0 Å². The molecule has 1 aromatic rings. The molecule has 1 aliphatic carbocycles. The van der Waals surface area contributed by atoms with Gasteiger partial charge in [0, 0.05) is 23.7 Å². The van der Waals surface area contributed by atoms with Crippen LogP contribution in [0.25, 0.3) is 0 Å². The third-order valence-corrected chi connectivity index (χ3v) is 4.55. The minimum absolute atomic E-state index is 0.00259. The Hall–Kier alpha value is -2.37. The van der Waals surface area contributed by atoms with Crippen molar-refractivity contribution in [3.05, 3.63) is 35.2 Å². The Balaban J connectivity index is 2.30. The summed E-state index contributed by atoms with van der Waals surface area (Å²) in [4.78, 5) is 42.1. The van der Waals surface area contributed by atoms with Crippen LogP contribution in [0, 0.1) is 19.8 Å². The lowest BCUT2D eigenvalue weighted by atomic mass is 9.99. The molecule has 1 saturated carbocycles. The van der Waals surface area contributed by atoms with Gasteiger partial charge in [0.15, 0.2) is 5.78 Å². The van der Waals surface area contributed by atoms with E-state index in [1.165, 1.54) is 0 Å². The minimum atomic E-state index is -0.616. The molecule has 0 bridgehead atoms. The fraction of sp³-hybridized carbons (Fsp3) is 0.526. The number of aryl methyl sites for hydroxylation is 1. The van der Waals surface area contributed by atoms with Gasteiger partial charge in [-0.15, -0.1) is 6.58 Å². The molecule has 2 rings (SSSR count). The monoisotopic (exact) mass is 346 g/mol. The number of aromatic nitrogens is 1. The average Bonchev–Trinajstić information content (AvgIpc) is 3.37. The predicted molar refractivity (Wildman–Crippen MR) is 94.6 cm³/mol. The number of hydrogen-bond acceptors (Lipinski definition) is 4. The van der Waals surface area contributed by atoms with Crippen LogP contribution in [-0.2, 0) is 9.53 Å². The molecule has 1 amide bonds. The van der Waals surface area contributed by atoms with Gasteiger partial charge in [0.2, 0.25) is 5.91 Å². The van der Waals surface area contributed by atoms with Crippen LogP contribution in [0.5, 0.6) is 0 Å². The van der Waals surface area contributed by atoms with Crippen LogP contribution in [-0.4, -0.2) is 46.7 Å². The Morgan fingerprint density at radius 1 is 1.36 bits per heavy atom. The first-order valence-electron chi connectivity index (χ1n) is 8.65. The lowest BCUT2D eigenvalue weighted by Gasteiger charge is -2.27. The Labute approximate surface area is 148 Å². The molecule has 1 fully saturated rings. The van der Waals surface area contributed by atoms with Crippen molar-refractivity contribution in [2.45, 2.75) is 46.6 Å². The summed E-state index contributed by atoms with van der Waals surface area (Å²) in [5.41, 5.74) is 1.91. The van der Waals surface area contributed by atoms with Crippen LogP contribution in [0.15, 0.2) is 12.7 Å². The highest BCUT2D eigenvalue weighted by atomic mass is 16.5. The van der Waals surface area contributed by atoms with Crippen molar-refractivity contribution in [2.75, 3.05) is 13.2 Å². The maximum absolute atomic E-state index is 13.0. The summed E-state index contributed by atoms with van der Waals surface area (Å²) in [5, 5.41) is 0. The summed E-state index contributed by atoms with van der Waals surface area (Å²) in [5.74, 6) is -0.639. The fourth-order valence-electron chi connectivity index (χ4n) is 3.02. The highest BCUT2D eigenvalue weighted by Crippen LogP contribution is 2.32. The van der Waals surface area contributed by atoms with Crippen LogP contribution in [0.1, 0.15) is 58.8 Å². The highest BCUT2D eigenvalue weighted by molar-refractivity contribution is 6.06. The van der Waals surface area contributed by atoms with E-state index in [0.717, 1.165) is 12.8 Å². The number of nitrogens with zero attached hydrogens (tertiary/aromatic N) is 1. The summed E-state index contributed by atoms with van der Waals surface area (Å²) in [6.07, 6.45) is 3.39. The van der Waals surface area contributed by atoms with Crippen molar-refractivity contribution in [3.8, 4) is 0 Å². The lowest BCUT2D eigenvalue weighted by molar-refractivity contribution is -0.133. The van der Waals surface area contributed by atoms with Crippen molar-refractivity contribution in [1.82, 2.24) is 9.88 Å². The molecule has 1 heterocycles. The van der Waals surface area contributed by atoms with Crippen molar-refractivity contribution in [2.24, 2.45) is 5.92 Å². The molecular formula is C19H26N2O4.